The maximum absolute atomic E-state index is 12.5. The third-order valence-electron chi connectivity index (χ3n) is 12.8. The van der Waals surface area contributed by atoms with E-state index < -0.39 is 66.0 Å². The van der Waals surface area contributed by atoms with E-state index in [9.17, 15) is 40.9 Å². The molecule has 0 aromatic heterocycles. The lowest BCUT2D eigenvalue weighted by Crippen LogP contribution is -2.70. The van der Waals surface area contributed by atoms with Crippen LogP contribution in [0.15, 0.2) is 0 Å². The highest BCUT2D eigenvalue weighted by Crippen LogP contribution is 2.69. The first kappa shape index (κ1) is 33.0. The molecule has 42 heavy (non-hydrogen) atoms. The summed E-state index contributed by atoms with van der Waals surface area (Å²) in [7, 11) is 0. The summed E-state index contributed by atoms with van der Waals surface area (Å²) < 4.78 is 11.0. The molecule has 17 atom stereocenters. The summed E-state index contributed by atoms with van der Waals surface area (Å²) in [6.45, 7) is 8.88. The Kier molecular flexibility index (Phi) is 9.48. The topological polar surface area (TPSA) is 180 Å². The van der Waals surface area contributed by atoms with Crippen LogP contribution in [-0.2, 0) is 9.47 Å². The van der Waals surface area contributed by atoms with Crippen molar-refractivity contribution >= 4 is 0 Å². The summed E-state index contributed by atoms with van der Waals surface area (Å²) in [6.07, 6.45) is -1.83. The summed E-state index contributed by atoms with van der Waals surface area (Å²) in [6, 6.07) is 0. The number of hydrogen-bond donors (Lipinski definition) is 8. The van der Waals surface area contributed by atoms with Gasteiger partial charge in [0, 0.05) is 18.3 Å². The first-order valence-electron chi connectivity index (χ1n) is 16.4. The molecule has 5 aliphatic rings. The molecule has 0 aromatic rings. The fourth-order valence-corrected chi connectivity index (χ4v) is 10.8. The first-order valence-corrected chi connectivity index (χ1v) is 16.4. The van der Waals surface area contributed by atoms with Crippen LogP contribution in [0.25, 0.3) is 0 Å². The molecule has 0 aromatic carbocycles. The third kappa shape index (κ3) is 5.39. The van der Waals surface area contributed by atoms with Crippen LogP contribution < -0.4 is 0 Å². The van der Waals surface area contributed by atoms with Crippen LogP contribution in [0, 0.1) is 46.3 Å². The van der Waals surface area contributed by atoms with Crippen LogP contribution in [0.1, 0.15) is 85.5 Å². The van der Waals surface area contributed by atoms with E-state index in [0.717, 1.165) is 32.1 Å². The van der Waals surface area contributed by atoms with E-state index in [1.54, 1.807) is 0 Å². The van der Waals surface area contributed by atoms with Crippen molar-refractivity contribution in [2.24, 2.45) is 46.3 Å². The lowest BCUT2D eigenvalue weighted by molar-refractivity contribution is -0.280. The Labute approximate surface area is 250 Å². The molecule has 0 radical (unpaired) electrons. The quantitative estimate of drug-likeness (QED) is 0.200. The van der Waals surface area contributed by atoms with Gasteiger partial charge in [0.1, 0.15) is 18.3 Å². The molecule has 4 saturated carbocycles. The van der Waals surface area contributed by atoms with Gasteiger partial charge in [0.25, 0.3) is 0 Å². The Bertz CT molecular complexity index is 937. The molecule has 7 unspecified atom stereocenters. The van der Waals surface area contributed by atoms with E-state index in [2.05, 4.69) is 27.7 Å². The standard InChI is InChI=1S/C32H56O10/c1-16(14-41-29-27(39)26(38)22(36)15-42-29)6-5-7-17(2)18-12-20(34)28-30(18,3)11-9-23-31(4)10-8-19(33)25(37)24(31)21(35)13-32(23,28)40/h16-29,33-40H,5-15H2,1-4H3/t16-,17+,18+,19-,20+,21-,22?,23?,24?,25-,26?,27?,28?,29?,30+,31+,32-/m0/s1. The second-order valence-electron chi connectivity index (χ2n) is 15.5. The zero-order chi connectivity index (χ0) is 30.8. The molecular formula is C32H56O10. The number of fused-ring (bicyclic) bond motifs is 5. The van der Waals surface area contributed by atoms with E-state index in [1.807, 2.05) is 0 Å². The smallest absolute Gasteiger partial charge is 0.186 e. The van der Waals surface area contributed by atoms with Crippen molar-refractivity contribution in [3.63, 3.8) is 0 Å². The summed E-state index contributed by atoms with van der Waals surface area (Å²) in [4.78, 5) is 0. The average Bonchev–Trinajstić information content (AvgIpc) is 3.20. The number of aliphatic hydroxyl groups excluding tert-OH is 7. The molecule has 1 heterocycles. The molecule has 0 bridgehead atoms. The molecule has 244 valence electrons. The van der Waals surface area contributed by atoms with Crippen LogP contribution in [0.4, 0.5) is 0 Å². The van der Waals surface area contributed by atoms with Gasteiger partial charge >= 0.3 is 0 Å². The summed E-state index contributed by atoms with van der Waals surface area (Å²) in [5, 5.41) is 86.1. The minimum absolute atomic E-state index is 0.0818. The van der Waals surface area contributed by atoms with Gasteiger partial charge in [0.2, 0.25) is 0 Å². The van der Waals surface area contributed by atoms with Crippen LogP contribution >= 0.6 is 0 Å². The molecule has 1 aliphatic heterocycles. The van der Waals surface area contributed by atoms with Gasteiger partial charge in [0.15, 0.2) is 6.29 Å². The summed E-state index contributed by atoms with van der Waals surface area (Å²) in [5.41, 5.74) is -2.01. The van der Waals surface area contributed by atoms with E-state index in [-0.39, 0.29) is 42.1 Å². The van der Waals surface area contributed by atoms with Gasteiger partial charge < -0.3 is 50.3 Å². The lowest BCUT2D eigenvalue weighted by atomic mass is 9.41. The lowest BCUT2D eigenvalue weighted by Gasteiger charge is -2.66. The Morgan fingerprint density at radius 1 is 0.810 bits per heavy atom. The van der Waals surface area contributed by atoms with Gasteiger partial charge in [-0.25, -0.2) is 0 Å². The minimum Gasteiger partial charge on any atom is -0.393 e. The van der Waals surface area contributed by atoms with Crippen LogP contribution in [0.2, 0.25) is 0 Å². The highest BCUT2D eigenvalue weighted by molar-refractivity contribution is 5.20. The highest BCUT2D eigenvalue weighted by atomic mass is 16.7. The maximum Gasteiger partial charge on any atom is 0.186 e. The summed E-state index contributed by atoms with van der Waals surface area (Å²) in [5.74, 6) is -0.234. The molecule has 0 spiro atoms. The molecule has 10 nitrogen and oxygen atoms in total. The highest BCUT2D eigenvalue weighted by Gasteiger charge is 2.71. The van der Waals surface area contributed by atoms with Crippen molar-refractivity contribution in [1.82, 2.24) is 0 Å². The van der Waals surface area contributed by atoms with Gasteiger partial charge in [-0.2, -0.15) is 0 Å². The molecular weight excluding hydrogens is 544 g/mol. The molecule has 4 aliphatic carbocycles. The predicted octanol–water partition coefficient (Wildman–Crippen LogP) is 0.932. The zero-order valence-corrected chi connectivity index (χ0v) is 25.8. The van der Waals surface area contributed by atoms with E-state index >= 15 is 0 Å². The molecule has 5 rings (SSSR count). The van der Waals surface area contributed by atoms with Gasteiger partial charge in [-0.1, -0.05) is 40.5 Å². The first-order chi connectivity index (χ1) is 19.6. The second kappa shape index (κ2) is 12.1. The number of ether oxygens (including phenoxy) is 2. The molecule has 8 N–H and O–H groups in total. The van der Waals surface area contributed by atoms with Gasteiger partial charge in [-0.15, -0.1) is 0 Å². The van der Waals surface area contributed by atoms with E-state index in [1.165, 1.54) is 0 Å². The fraction of sp³-hybridized carbons (Fsp3) is 1.00. The number of hydrogen-bond acceptors (Lipinski definition) is 10. The van der Waals surface area contributed by atoms with E-state index in [0.29, 0.717) is 31.8 Å². The Morgan fingerprint density at radius 2 is 1.50 bits per heavy atom. The summed E-state index contributed by atoms with van der Waals surface area (Å²) >= 11 is 0. The largest absolute Gasteiger partial charge is 0.393 e. The van der Waals surface area contributed by atoms with Crippen molar-refractivity contribution in [1.29, 1.82) is 0 Å². The van der Waals surface area contributed by atoms with E-state index in [4.69, 9.17) is 9.47 Å². The number of aliphatic hydroxyl groups is 8. The SMILES string of the molecule is C[C@@H](CCC[C@@H](C)[C@H]1C[C@@H](O)C2[C@]3(O)C[C@H](O)C4[C@@H](O)[C@@H](O)CC[C@]4(C)C3CC[C@@]21C)COC1OCC(O)C(O)C1O. The minimum atomic E-state index is -1.29. The Balaban J connectivity index is 1.19. The van der Waals surface area contributed by atoms with Crippen molar-refractivity contribution in [2.75, 3.05) is 13.2 Å². The Morgan fingerprint density at radius 3 is 2.21 bits per heavy atom. The zero-order valence-electron chi connectivity index (χ0n) is 25.8. The van der Waals surface area contributed by atoms with Crippen LogP contribution in [0.5, 0.6) is 0 Å². The second-order valence-corrected chi connectivity index (χ2v) is 15.5. The average molecular weight is 601 g/mol. The normalized spacial score (nSPS) is 54.0. The van der Waals surface area contributed by atoms with Crippen LogP contribution in [-0.4, -0.2) is 109 Å². The predicted molar refractivity (Wildman–Crippen MR) is 153 cm³/mol. The van der Waals surface area contributed by atoms with Crippen molar-refractivity contribution in [3.05, 3.63) is 0 Å². The number of rotatable bonds is 8. The molecule has 0 amide bonds. The monoisotopic (exact) mass is 600 g/mol. The molecule has 1 saturated heterocycles. The molecule has 5 fully saturated rings. The van der Waals surface area contributed by atoms with Crippen molar-refractivity contribution in [3.8, 4) is 0 Å². The third-order valence-corrected chi connectivity index (χ3v) is 12.8. The fourth-order valence-electron chi connectivity index (χ4n) is 10.8. The molecule has 10 heteroatoms. The van der Waals surface area contributed by atoms with Gasteiger partial charge in [0.05, 0.1) is 43.2 Å². The van der Waals surface area contributed by atoms with Gasteiger partial charge in [-0.3, -0.25) is 0 Å². The maximum atomic E-state index is 12.5. The van der Waals surface area contributed by atoms with Crippen molar-refractivity contribution < 1.29 is 50.3 Å². The Hall–Kier alpha value is -0.400. The van der Waals surface area contributed by atoms with Crippen LogP contribution in [0.3, 0.4) is 0 Å². The van der Waals surface area contributed by atoms with Crippen molar-refractivity contribution in [2.45, 2.75) is 140 Å². The van der Waals surface area contributed by atoms with Gasteiger partial charge in [-0.05, 0) is 73.0 Å².